The average molecular weight is 566 g/mol. The van der Waals surface area contributed by atoms with E-state index in [0.717, 1.165) is 12.2 Å². The topological polar surface area (TPSA) is 185 Å². The van der Waals surface area contributed by atoms with Gasteiger partial charge in [-0.2, -0.15) is 0 Å². The monoisotopic (exact) mass is 565 g/mol. The molecule has 0 amide bonds. The summed E-state index contributed by atoms with van der Waals surface area (Å²) in [6.07, 6.45) is 0.924. The van der Waals surface area contributed by atoms with Crippen LogP contribution < -0.4 is 0 Å². The van der Waals surface area contributed by atoms with Crippen molar-refractivity contribution in [3.05, 3.63) is 25.3 Å². The Balaban J connectivity index is 4.43. The van der Waals surface area contributed by atoms with Gasteiger partial charge in [-0.25, -0.2) is 9.59 Å². The first-order valence-corrected chi connectivity index (χ1v) is 13.0. The van der Waals surface area contributed by atoms with Gasteiger partial charge in [0.1, 0.15) is 13.2 Å². The lowest BCUT2D eigenvalue weighted by atomic mass is 10.0. The van der Waals surface area contributed by atoms with E-state index in [1.807, 2.05) is 0 Å². The van der Waals surface area contributed by atoms with Crippen LogP contribution in [-0.2, 0) is 33.3 Å². The standard InChI is InChI=1S/C26H47NO12/c1-3-25(33)38-18-22(30)6-5-21(16-36-14-8-24(32)19-39-26(34)4-2)15-35-13-7-23(31)17-37-20-27(9-11-28)10-12-29/h3-4,21-24,28-32H,1-2,5-20H2. The van der Waals surface area contributed by atoms with Crippen molar-refractivity contribution < 1.29 is 58.8 Å². The smallest absolute Gasteiger partial charge is 0.330 e. The minimum Gasteiger partial charge on any atom is -0.460 e. The van der Waals surface area contributed by atoms with Gasteiger partial charge in [-0.15, -0.1) is 0 Å². The predicted molar refractivity (Wildman–Crippen MR) is 140 cm³/mol. The lowest BCUT2D eigenvalue weighted by Gasteiger charge is -2.21. The van der Waals surface area contributed by atoms with Crippen LogP contribution in [0.25, 0.3) is 0 Å². The van der Waals surface area contributed by atoms with E-state index in [9.17, 15) is 24.9 Å². The van der Waals surface area contributed by atoms with Crippen molar-refractivity contribution in [2.75, 3.05) is 79.3 Å². The minimum atomic E-state index is -0.881. The van der Waals surface area contributed by atoms with Crippen molar-refractivity contribution in [3.63, 3.8) is 0 Å². The average Bonchev–Trinajstić information content (AvgIpc) is 2.93. The Kier molecular flexibility index (Phi) is 23.8. The molecule has 0 aliphatic rings. The largest absolute Gasteiger partial charge is 0.460 e. The summed E-state index contributed by atoms with van der Waals surface area (Å²) in [6, 6.07) is 0. The van der Waals surface area contributed by atoms with Gasteiger partial charge in [0.25, 0.3) is 0 Å². The molecule has 0 saturated carbocycles. The Hall–Kier alpha value is -1.94. The quantitative estimate of drug-likeness (QED) is 0.0354. The van der Waals surface area contributed by atoms with Crippen molar-refractivity contribution in [2.24, 2.45) is 5.92 Å². The molecule has 0 radical (unpaired) electrons. The van der Waals surface area contributed by atoms with Crippen LogP contribution in [0, 0.1) is 5.92 Å². The first-order chi connectivity index (χ1) is 18.7. The van der Waals surface area contributed by atoms with E-state index in [1.165, 1.54) is 0 Å². The molecule has 0 spiro atoms. The summed E-state index contributed by atoms with van der Waals surface area (Å²) in [5, 5.41) is 48.1. The molecular weight excluding hydrogens is 518 g/mol. The van der Waals surface area contributed by atoms with Gasteiger partial charge in [0.15, 0.2) is 0 Å². The Morgan fingerprint density at radius 3 is 1.59 bits per heavy atom. The number of esters is 2. The second-order valence-corrected chi connectivity index (χ2v) is 8.87. The van der Waals surface area contributed by atoms with Crippen molar-refractivity contribution in [1.82, 2.24) is 4.90 Å². The van der Waals surface area contributed by atoms with Gasteiger partial charge >= 0.3 is 11.9 Å². The third-order valence-corrected chi connectivity index (χ3v) is 5.39. The summed E-state index contributed by atoms with van der Waals surface area (Å²) < 4.78 is 26.4. The molecule has 13 heteroatoms. The van der Waals surface area contributed by atoms with Crippen molar-refractivity contribution in [2.45, 2.75) is 44.0 Å². The maximum Gasteiger partial charge on any atom is 0.330 e. The molecule has 0 heterocycles. The van der Waals surface area contributed by atoms with Gasteiger partial charge in [0.05, 0.1) is 58.1 Å². The number of hydrogen-bond acceptors (Lipinski definition) is 13. The van der Waals surface area contributed by atoms with Gasteiger partial charge in [0, 0.05) is 44.4 Å². The zero-order valence-electron chi connectivity index (χ0n) is 22.7. The molecule has 0 aliphatic heterocycles. The van der Waals surface area contributed by atoms with E-state index in [2.05, 4.69) is 13.2 Å². The van der Waals surface area contributed by atoms with Crippen LogP contribution in [-0.4, -0.2) is 140 Å². The lowest BCUT2D eigenvalue weighted by Crippen LogP contribution is -2.33. The fourth-order valence-corrected chi connectivity index (χ4v) is 3.15. The SMILES string of the molecule is C=CC(=O)OCC(O)CCOCC(CCC(O)COC(=O)C=C)COCCC(O)COCN(CCO)CCO. The van der Waals surface area contributed by atoms with E-state index in [1.54, 1.807) is 4.90 Å². The van der Waals surface area contributed by atoms with Crippen molar-refractivity contribution >= 4 is 11.9 Å². The number of carbonyl (C=O) groups is 2. The highest BCUT2D eigenvalue weighted by atomic mass is 16.5. The highest BCUT2D eigenvalue weighted by molar-refractivity contribution is 5.81. The summed E-state index contributed by atoms with van der Waals surface area (Å²) in [4.78, 5) is 24.0. The predicted octanol–water partition coefficient (Wildman–Crippen LogP) is -1.00. The molecule has 4 unspecified atom stereocenters. The fraction of sp³-hybridized carbons (Fsp3) is 0.769. The molecule has 0 aromatic heterocycles. The zero-order valence-corrected chi connectivity index (χ0v) is 22.7. The Labute approximate surface area is 230 Å². The Morgan fingerprint density at radius 2 is 1.13 bits per heavy atom. The number of hydrogen-bond donors (Lipinski definition) is 5. The summed E-state index contributed by atoms with van der Waals surface area (Å²) in [5.74, 6) is -1.36. The summed E-state index contributed by atoms with van der Waals surface area (Å²) in [6.45, 7) is 8.13. The van der Waals surface area contributed by atoms with Crippen LogP contribution in [0.4, 0.5) is 0 Å². The van der Waals surface area contributed by atoms with Gasteiger partial charge in [-0.05, 0) is 25.7 Å². The maximum atomic E-state index is 11.2. The maximum absolute atomic E-state index is 11.2. The number of aliphatic hydroxyl groups excluding tert-OH is 5. The van der Waals surface area contributed by atoms with Crippen LogP contribution in [0.15, 0.2) is 25.3 Å². The second-order valence-electron chi connectivity index (χ2n) is 8.87. The zero-order chi connectivity index (χ0) is 29.3. The summed E-state index contributed by atoms with van der Waals surface area (Å²) in [5.41, 5.74) is 0. The molecule has 0 aromatic carbocycles. The normalized spacial score (nSPS) is 14.4. The highest BCUT2D eigenvalue weighted by Crippen LogP contribution is 2.12. The Morgan fingerprint density at radius 1 is 0.667 bits per heavy atom. The number of nitrogens with zero attached hydrogens (tertiary/aromatic N) is 1. The molecule has 0 aromatic rings. The van der Waals surface area contributed by atoms with Crippen molar-refractivity contribution in [3.8, 4) is 0 Å². The molecular formula is C26H47NO12. The van der Waals surface area contributed by atoms with Crippen LogP contribution in [0.3, 0.4) is 0 Å². The molecule has 228 valence electrons. The highest BCUT2D eigenvalue weighted by Gasteiger charge is 2.16. The molecule has 13 nitrogen and oxygen atoms in total. The molecule has 0 rings (SSSR count). The minimum absolute atomic E-state index is 0.0621. The molecule has 4 atom stereocenters. The molecule has 0 fully saturated rings. The molecule has 0 saturated heterocycles. The molecule has 0 aliphatic carbocycles. The van der Waals surface area contributed by atoms with Crippen LogP contribution in [0.5, 0.6) is 0 Å². The van der Waals surface area contributed by atoms with Crippen LogP contribution >= 0.6 is 0 Å². The third kappa shape index (κ3) is 22.6. The Bertz CT molecular complexity index is 644. The van der Waals surface area contributed by atoms with E-state index in [0.29, 0.717) is 32.4 Å². The van der Waals surface area contributed by atoms with Gasteiger partial charge in [0.2, 0.25) is 0 Å². The summed E-state index contributed by atoms with van der Waals surface area (Å²) >= 11 is 0. The van der Waals surface area contributed by atoms with E-state index in [-0.39, 0.29) is 78.5 Å². The first-order valence-electron chi connectivity index (χ1n) is 13.0. The number of carbonyl (C=O) groups excluding carboxylic acids is 2. The van der Waals surface area contributed by atoms with E-state index >= 15 is 0 Å². The molecule has 5 N–H and O–H groups in total. The van der Waals surface area contributed by atoms with Crippen LogP contribution in [0.1, 0.15) is 25.7 Å². The molecule has 39 heavy (non-hydrogen) atoms. The second kappa shape index (κ2) is 25.1. The number of ether oxygens (including phenoxy) is 5. The van der Waals surface area contributed by atoms with Crippen molar-refractivity contribution in [1.29, 1.82) is 0 Å². The lowest BCUT2D eigenvalue weighted by molar-refractivity contribution is -0.141. The van der Waals surface area contributed by atoms with Gasteiger partial charge in [-0.3, -0.25) is 4.90 Å². The van der Waals surface area contributed by atoms with Crippen LogP contribution in [0.2, 0.25) is 0 Å². The molecule has 0 bridgehead atoms. The third-order valence-electron chi connectivity index (χ3n) is 5.39. The van der Waals surface area contributed by atoms with E-state index < -0.39 is 30.3 Å². The van der Waals surface area contributed by atoms with Gasteiger partial charge in [-0.1, -0.05) is 13.2 Å². The number of rotatable bonds is 27. The fourth-order valence-electron chi connectivity index (χ4n) is 3.15. The van der Waals surface area contributed by atoms with Gasteiger partial charge < -0.3 is 49.2 Å². The summed E-state index contributed by atoms with van der Waals surface area (Å²) in [7, 11) is 0. The van der Waals surface area contributed by atoms with E-state index in [4.69, 9.17) is 33.9 Å². The first kappa shape index (κ1) is 37.1. The number of aliphatic hydroxyl groups is 5.